The Morgan fingerprint density at radius 3 is 2.59 bits per heavy atom. The van der Waals surface area contributed by atoms with Gasteiger partial charge in [-0.3, -0.25) is 9.69 Å². The molecule has 144 valence electrons. The SMILES string of the molecule is Cc1cccc(CCC(=O)N2CCN(CCOc3ccccc3Cl)CC2)c1. The summed E-state index contributed by atoms with van der Waals surface area (Å²) in [7, 11) is 0. The molecular formula is C22H27ClN2O2. The number of rotatable bonds is 7. The molecule has 1 fully saturated rings. The van der Waals surface area contributed by atoms with Gasteiger partial charge in [-0.05, 0) is 31.0 Å². The van der Waals surface area contributed by atoms with Crippen LogP contribution >= 0.6 is 11.6 Å². The van der Waals surface area contributed by atoms with E-state index in [0.717, 1.165) is 44.9 Å². The fourth-order valence-electron chi connectivity index (χ4n) is 3.34. The second kappa shape index (κ2) is 9.77. The Bertz CT molecular complexity index is 757. The van der Waals surface area contributed by atoms with Crippen LogP contribution in [0.4, 0.5) is 0 Å². The molecule has 0 spiro atoms. The van der Waals surface area contributed by atoms with E-state index in [-0.39, 0.29) is 5.91 Å². The van der Waals surface area contributed by atoms with E-state index in [0.29, 0.717) is 18.1 Å². The van der Waals surface area contributed by atoms with Gasteiger partial charge in [0.15, 0.2) is 0 Å². The van der Waals surface area contributed by atoms with Crippen molar-refractivity contribution in [3.05, 3.63) is 64.7 Å². The highest BCUT2D eigenvalue weighted by atomic mass is 35.5. The molecule has 0 atom stereocenters. The summed E-state index contributed by atoms with van der Waals surface area (Å²) in [5.74, 6) is 0.979. The summed E-state index contributed by atoms with van der Waals surface area (Å²) in [6, 6.07) is 15.9. The Kier molecular flexibility index (Phi) is 7.13. The Hall–Kier alpha value is -2.04. The number of carbonyl (C=O) groups excluding carboxylic acids is 1. The Morgan fingerprint density at radius 1 is 1.07 bits per heavy atom. The van der Waals surface area contributed by atoms with Crippen LogP contribution in [0.5, 0.6) is 5.75 Å². The van der Waals surface area contributed by atoms with Crippen molar-refractivity contribution in [2.75, 3.05) is 39.3 Å². The van der Waals surface area contributed by atoms with Gasteiger partial charge < -0.3 is 9.64 Å². The normalized spacial score (nSPS) is 15.0. The number of benzene rings is 2. The van der Waals surface area contributed by atoms with Gasteiger partial charge in [-0.25, -0.2) is 0 Å². The third-order valence-electron chi connectivity index (χ3n) is 4.94. The summed E-state index contributed by atoms with van der Waals surface area (Å²) >= 11 is 6.10. The van der Waals surface area contributed by atoms with Crippen molar-refractivity contribution in [2.45, 2.75) is 19.8 Å². The van der Waals surface area contributed by atoms with Crippen LogP contribution < -0.4 is 4.74 Å². The second-order valence-electron chi connectivity index (χ2n) is 6.99. The highest BCUT2D eigenvalue weighted by Gasteiger charge is 2.20. The molecule has 1 amide bonds. The van der Waals surface area contributed by atoms with Gasteiger partial charge in [-0.1, -0.05) is 53.6 Å². The van der Waals surface area contributed by atoms with Crippen molar-refractivity contribution in [3.8, 4) is 5.75 Å². The number of piperazine rings is 1. The first-order valence-electron chi connectivity index (χ1n) is 9.55. The van der Waals surface area contributed by atoms with Gasteiger partial charge in [0.1, 0.15) is 12.4 Å². The molecule has 4 nitrogen and oxygen atoms in total. The van der Waals surface area contributed by atoms with E-state index in [1.165, 1.54) is 11.1 Å². The van der Waals surface area contributed by atoms with Crippen LogP contribution in [-0.2, 0) is 11.2 Å². The lowest BCUT2D eigenvalue weighted by molar-refractivity contribution is -0.132. The first kappa shape index (κ1) is 19.7. The van der Waals surface area contributed by atoms with Gasteiger partial charge >= 0.3 is 0 Å². The number of halogens is 1. The van der Waals surface area contributed by atoms with Gasteiger partial charge in [-0.2, -0.15) is 0 Å². The molecule has 0 aromatic heterocycles. The van der Waals surface area contributed by atoms with Crippen molar-refractivity contribution in [1.82, 2.24) is 9.80 Å². The molecule has 1 aliphatic rings. The molecule has 2 aromatic rings. The number of aryl methyl sites for hydroxylation is 2. The number of ether oxygens (including phenoxy) is 1. The molecule has 0 radical (unpaired) electrons. The van der Waals surface area contributed by atoms with E-state index in [1.54, 1.807) is 0 Å². The van der Waals surface area contributed by atoms with Crippen LogP contribution in [0.2, 0.25) is 5.02 Å². The molecule has 1 heterocycles. The minimum atomic E-state index is 0.253. The average molecular weight is 387 g/mol. The lowest BCUT2D eigenvalue weighted by atomic mass is 10.1. The molecule has 5 heteroatoms. The van der Waals surface area contributed by atoms with Crippen LogP contribution in [0, 0.1) is 6.92 Å². The molecular weight excluding hydrogens is 360 g/mol. The number of amides is 1. The summed E-state index contributed by atoms with van der Waals surface area (Å²) in [5, 5.41) is 0.640. The molecule has 27 heavy (non-hydrogen) atoms. The standard InChI is InChI=1S/C22H27ClN2O2/c1-18-5-4-6-19(17-18)9-10-22(26)25-13-11-24(12-14-25)15-16-27-21-8-3-2-7-20(21)23/h2-8,17H,9-16H2,1H3. The molecule has 0 saturated carbocycles. The zero-order chi connectivity index (χ0) is 19.1. The summed E-state index contributed by atoms with van der Waals surface area (Å²) in [4.78, 5) is 16.8. The van der Waals surface area contributed by atoms with E-state index in [1.807, 2.05) is 29.2 Å². The first-order chi connectivity index (χ1) is 13.1. The van der Waals surface area contributed by atoms with Crippen LogP contribution in [0.25, 0.3) is 0 Å². The minimum Gasteiger partial charge on any atom is -0.491 e. The van der Waals surface area contributed by atoms with Crippen molar-refractivity contribution in [3.63, 3.8) is 0 Å². The maximum Gasteiger partial charge on any atom is 0.222 e. The fourth-order valence-corrected chi connectivity index (χ4v) is 3.53. The van der Waals surface area contributed by atoms with Crippen molar-refractivity contribution < 1.29 is 9.53 Å². The number of para-hydroxylation sites is 1. The topological polar surface area (TPSA) is 32.8 Å². The number of nitrogens with zero attached hydrogens (tertiary/aromatic N) is 2. The third-order valence-corrected chi connectivity index (χ3v) is 5.25. The predicted molar refractivity (Wildman–Crippen MR) is 109 cm³/mol. The van der Waals surface area contributed by atoms with Crippen LogP contribution in [0.3, 0.4) is 0 Å². The molecule has 0 unspecified atom stereocenters. The lowest BCUT2D eigenvalue weighted by Crippen LogP contribution is -2.49. The van der Waals surface area contributed by atoms with Crippen molar-refractivity contribution in [1.29, 1.82) is 0 Å². The Morgan fingerprint density at radius 2 is 1.85 bits per heavy atom. The first-order valence-corrected chi connectivity index (χ1v) is 9.92. The van der Waals surface area contributed by atoms with Crippen LogP contribution in [0.15, 0.2) is 48.5 Å². The largest absolute Gasteiger partial charge is 0.491 e. The minimum absolute atomic E-state index is 0.253. The van der Waals surface area contributed by atoms with E-state index in [4.69, 9.17) is 16.3 Å². The van der Waals surface area contributed by atoms with E-state index < -0.39 is 0 Å². The monoisotopic (exact) mass is 386 g/mol. The molecule has 1 saturated heterocycles. The quantitative estimate of drug-likeness (QED) is 0.725. The highest BCUT2D eigenvalue weighted by molar-refractivity contribution is 6.32. The lowest BCUT2D eigenvalue weighted by Gasteiger charge is -2.34. The highest BCUT2D eigenvalue weighted by Crippen LogP contribution is 2.22. The molecule has 3 rings (SSSR count). The molecule has 2 aromatic carbocycles. The maximum atomic E-state index is 12.5. The molecule has 0 bridgehead atoms. The van der Waals surface area contributed by atoms with Crippen molar-refractivity contribution >= 4 is 17.5 Å². The molecule has 1 aliphatic heterocycles. The number of carbonyl (C=O) groups is 1. The second-order valence-corrected chi connectivity index (χ2v) is 7.40. The van der Waals surface area contributed by atoms with Crippen LogP contribution in [0.1, 0.15) is 17.5 Å². The van der Waals surface area contributed by atoms with Gasteiger partial charge in [0.05, 0.1) is 5.02 Å². The smallest absolute Gasteiger partial charge is 0.222 e. The zero-order valence-corrected chi connectivity index (χ0v) is 16.6. The predicted octanol–water partition coefficient (Wildman–Crippen LogP) is 3.80. The third kappa shape index (κ3) is 5.98. The molecule has 0 aliphatic carbocycles. The van der Waals surface area contributed by atoms with Gasteiger partial charge in [0.25, 0.3) is 0 Å². The summed E-state index contributed by atoms with van der Waals surface area (Å²) < 4.78 is 5.76. The number of hydrogen-bond donors (Lipinski definition) is 0. The average Bonchev–Trinajstić information content (AvgIpc) is 2.68. The van der Waals surface area contributed by atoms with Gasteiger partial charge in [-0.15, -0.1) is 0 Å². The van der Waals surface area contributed by atoms with Gasteiger partial charge in [0.2, 0.25) is 5.91 Å². The maximum absolute atomic E-state index is 12.5. The van der Waals surface area contributed by atoms with E-state index in [9.17, 15) is 4.79 Å². The number of hydrogen-bond acceptors (Lipinski definition) is 3. The zero-order valence-electron chi connectivity index (χ0n) is 15.9. The summed E-state index contributed by atoms with van der Waals surface area (Å²) in [6.45, 7) is 6.89. The van der Waals surface area contributed by atoms with E-state index in [2.05, 4.69) is 36.1 Å². The molecule has 0 N–H and O–H groups in total. The van der Waals surface area contributed by atoms with Gasteiger partial charge in [0, 0.05) is 39.1 Å². The summed E-state index contributed by atoms with van der Waals surface area (Å²) in [5.41, 5.74) is 2.48. The Balaban J connectivity index is 1.35. The Labute approximate surface area is 166 Å². The van der Waals surface area contributed by atoms with Crippen LogP contribution in [-0.4, -0.2) is 55.0 Å². The fraction of sp³-hybridized carbons (Fsp3) is 0.409. The van der Waals surface area contributed by atoms with Crippen molar-refractivity contribution in [2.24, 2.45) is 0 Å². The summed E-state index contributed by atoms with van der Waals surface area (Å²) in [6.07, 6.45) is 1.39. The van der Waals surface area contributed by atoms with E-state index >= 15 is 0 Å².